The third-order valence-electron chi connectivity index (χ3n) is 9.84. The lowest BCUT2D eigenvalue weighted by Crippen LogP contribution is -2.46. The van der Waals surface area contributed by atoms with E-state index in [1.807, 2.05) is 43.7 Å². The number of nitro groups is 1. The zero-order chi connectivity index (χ0) is 43.9. The van der Waals surface area contributed by atoms with E-state index >= 15 is 0 Å². The summed E-state index contributed by atoms with van der Waals surface area (Å²) in [5.41, 5.74) is 3.93. The number of carboxylic acids is 1. The molecule has 5 aromatic carbocycles. The van der Waals surface area contributed by atoms with E-state index < -0.39 is 53.9 Å². The number of aryl methyl sites for hydroxylation is 3. The normalized spacial score (nSPS) is 13.3. The van der Waals surface area contributed by atoms with Gasteiger partial charge in [-0.05, 0) is 111 Å². The number of carboxylic acid groups (broad SMARTS) is 1. The van der Waals surface area contributed by atoms with Gasteiger partial charge in [-0.3, -0.25) is 19.8 Å². The van der Waals surface area contributed by atoms with Crippen molar-refractivity contribution in [3.8, 4) is 17.2 Å². The van der Waals surface area contributed by atoms with Gasteiger partial charge in [-0.15, -0.1) is 0 Å². The van der Waals surface area contributed by atoms with Crippen molar-refractivity contribution in [2.24, 2.45) is 0 Å². The molecular formula is C43H45N5O11S2. The minimum Gasteiger partial charge on any atom is -0.482 e. The Labute approximate surface area is 353 Å². The number of anilines is 2. The molecule has 0 aliphatic carbocycles. The highest BCUT2D eigenvalue weighted by molar-refractivity contribution is 7.91. The number of aliphatic carboxylic acids is 1. The summed E-state index contributed by atoms with van der Waals surface area (Å²) in [7, 11) is -8.24. The summed E-state index contributed by atoms with van der Waals surface area (Å²) in [6.07, 6.45) is 0. The third kappa shape index (κ3) is 11.6. The lowest BCUT2D eigenvalue weighted by atomic mass is 10.1. The zero-order valence-corrected chi connectivity index (χ0v) is 35.3. The highest BCUT2D eigenvalue weighted by Gasteiger charge is 2.25. The van der Waals surface area contributed by atoms with Crippen LogP contribution in [0.25, 0.3) is 0 Å². The number of nitrogens with zero attached hydrogens (tertiary/aromatic N) is 3. The molecule has 6 rings (SSSR count). The SMILES string of the molecule is Cc1ccc(S(=O)(=O)CCNc2ccc(S(=O)(=O)NC(=O)c3ccc(N4CCN(Cc5cc(Oc6cc(C)cc(C)c6)ccc5OCC(=O)O)CC4)cc3)cc2[N+](=O)[O-])cc1. The van der Waals surface area contributed by atoms with Gasteiger partial charge in [-0.2, -0.15) is 0 Å². The average molecular weight is 872 g/mol. The summed E-state index contributed by atoms with van der Waals surface area (Å²) in [5, 5.41) is 23.8. The van der Waals surface area contributed by atoms with Crippen molar-refractivity contribution >= 4 is 48.8 Å². The van der Waals surface area contributed by atoms with Crippen LogP contribution >= 0.6 is 0 Å². The van der Waals surface area contributed by atoms with E-state index in [0.717, 1.165) is 46.1 Å². The number of hydrogen-bond acceptors (Lipinski definition) is 13. The van der Waals surface area contributed by atoms with E-state index in [1.165, 1.54) is 24.3 Å². The van der Waals surface area contributed by atoms with Crippen molar-refractivity contribution in [3.63, 3.8) is 0 Å². The number of ether oxygens (including phenoxy) is 2. The number of nitro benzene ring substituents is 1. The minimum absolute atomic E-state index is 0.0466. The van der Waals surface area contributed by atoms with Crippen molar-refractivity contribution in [3.05, 3.63) is 141 Å². The highest BCUT2D eigenvalue weighted by Crippen LogP contribution is 2.31. The summed E-state index contributed by atoms with van der Waals surface area (Å²) in [4.78, 5) is 39.4. The van der Waals surface area contributed by atoms with E-state index in [-0.39, 0.29) is 28.4 Å². The molecule has 1 aliphatic heterocycles. The fourth-order valence-corrected chi connectivity index (χ4v) is 8.93. The van der Waals surface area contributed by atoms with Crippen LogP contribution in [0.1, 0.15) is 32.6 Å². The molecule has 320 valence electrons. The van der Waals surface area contributed by atoms with Gasteiger partial charge in [0.1, 0.15) is 22.9 Å². The lowest BCUT2D eigenvalue weighted by Gasteiger charge is -2.36. The Bertz CT molecular complexity index is 2630. The van der Waals surface area contributed by atoms with Gasteiger partial charge in [0.15, 0.2) is 16.4 Å². The molecule has 3 N–H and O–H groups in total. The number of rotatable bonds is 17. The first-order valence-electron chi connectivity index (χ1n) is 19.2. The second kappa shape index (κ2) is 18.8. The van der Waals surface area contributed by atoms with E-state index in [9.17, 15) is 41.6 Å². The third-order valence-corrected chi connectivity index (χ3v) is 12.9. The molecule has 1 heterocycles. The van der Waals surface area contributed by atoms with Crippen molar-refractivity contribution < 1.29 is 45.9 Å². The van der Waals surface area contributed by atoms with Crippen LogP contribution in [-0.4, -0.2) is 88.7 Å². The zero-order valence-electron chi connectivity index (χ0n) is 33.7. The lowest BCUT2D eigenvalue weighted by molar-refractivity contribution is -0.384. The first-order chi connectivity index (χ1) is 29.0. The molecule has 18 heteroatoms. The molecule has 0 bridgehead atoms. The molecule has 1 amide bonds. The van der Waals surface area contributed by atoms with Gasteiger partial charge in [-0.1, -0.05) is 23.8 Å². The van der Waals surface area contributed by atoms with Gasteiger partial charge >= 0.3 is 5.97 Å². The molecule has 0 spiro atoms. The second-order valence-electron chi connectivity index (χ2n) is 14.6. The molecule has 0 unspecified atom stereocenters. The summed E-state index contributed by atoms with van der Waals surface area (Å²) in [6.45, 7) is 8.14. The maximum Gasteiger partial charge on any atom is 0.341 e. The first-order valence-corrected chi connectivity index (χ1v) is 22.3. The van der Waals surface area contributed by atoms with Crippen LogP contribution in [0.4, 0.5) is 17.1 Å². The Hall–Kier alpha value is -6.50. The molecule has 1 aliphatic rings. The first kappa shape index (κ1) is 44.1. The number of benzene rings is 5. The summed E-state index contributed by atoms with van der Waals surface area (Å²) in [5.74, 6) is -0.670. The maximum atomic E-state index is 13.2. The monoisotopic (exact) mass is 871 g/mol. The van der Waals surface area contributed by atoms with E-state index in [2.05, 4.69) is 21.2 Å². The standard InChI is InChI=1S/C43H45N5O11S2/c1-29-4-11-37(12-5-29)60(54,55)21-16-44-39-14-13-38(26-40(39)48(52)53)61(56,57)45-43(51)32-6-8-34(9-7-32)47-19-17-46(18-20-47)27-33-25-35(10-15-41(33)58-28-42(49)50)59-36-23-30(2)22-31(3)24-36/h4-15,22-26,44H,16-21,27-28H2,1-3H3,(H,45,51)(H,49,50). The van der Waals surface area contributed by atoms with Crippen LogP contribution in [0.3, 0.4) is 0 Å². The van der Waals surface area contributed by atoms with Crippen molar-refractivity contribution in [2.45, 2.75) is 37.1 Å². The van der Waals surface area contributed by atoms with Gasteiger partial charge < -0.3 is 24.8 Å². The molecule has 0 saturated carbocycles. The number of sulfone groups is 1. The predicted molar refractivity (Wildman–Crippen MR) is 229 cm³/mol. The molecule has 5 aromatic rings. The molecule has 61 heavy (non-hydrogen) atoms. The molecule has 16 nitrogen and oxygen atoms in total. The minimum atomic E-state index is -4.55. The molecule has 1 saturated heterocycles. The number of carbonyl (C=O) groups excluding carboxylic acids is 1. The van der Waals surface area contributed by atoms with E-state index in [1.54, 1.807) is 36.4 Å². The number of sulfonamides is 1. The van der Waals surface area contributed by atoms with Crippen LogP contribution in [0.2, 0.25) is 0 Å². The highest BCUT2D eigenvalue weighted by atomic mass is 32.2. The van der Waals surface area contributed by atoms with E-state index in [0.29, 0.717) is 50.0 Å². The number of piperazine rings is 1. The number of hydrogen-bond donors (Lipinski definition) is 3. The Morgan fingerprint density at radius 1 is 0.770 bits per heavy atom. The van der Waals surface area contributed by atoms with Gasteiger partial charge in [0, 0.05) is 62.1 Å². The fourth-order valence-electron chi connectivity index (χ4n) is 6.78. The fraction of sp³-hybridized carbons (Fsp3) is 0.256. The second-order valence-corrected chi connectivity index (χ2v) is 18.4. The Morgan fingerprint density at radius 3 is 2.07 bits per heavy atom. The van der Waals surface area contributed by atoms with Crippen LogP contribution in [0, 0.1) is 30.9 Å². The summed E-state index contributed by atoms with van der Waals surface area (Å²) in [6, 6.07) is 26.9. The molecule has 0 atom stereocenters. The Balaban J connectivity index is 1.05. The Morgan fingerprint density at radius 2 is 1.43 bits per heavy atom. The predicted octanol–water partition coefficient (Wildman–Crippen LogP) is 6.10. The Kier molecular flexibility index (Phi) is 13.6. The van der Waals surface area contributed by atoms with Gasteiger partial charge in [-0.25, -0.2) is 26.4 Å². The van der Waals surface area contributed by atoms with Crippen molar-refractivity contribution in [2.75, 3.05) is 55.3 Å². The number of nitrogens with one attached hydrogen (secondary N) is 2. The quantitative estimate of drug-likeness (QED) is 0.0711. The molecule has 0 radical (unpaired) electrons. The number of amides is 1. The van der Waals surface area contributed by atoms with Crippen LogP contribution in [0.5, 0.6) is 17.2 Å². The maximum absolute atomic E-state index is 13.2. The van der Waals surface area contributed by atoms with Gasteiger partial charge in [0.05, 0.1) is 20.5 Å². The van der Waals surface area contributed by atoms with Crippen molar-refractivity contribution in [1.29, 1.82) is 0 Å². The van der Waals surface area contributed by atoms with E-state index in [4.69, 9.17) is 9.47 Å². The summed E-state index contributed by atoms with van der Waals surface area (Å²) >= 11 is 0. The average Bonchev–Trinajstić information content (AvgIpc) is 3.20. The number of carbonyl (C=O) groups is 2. The van der Waals surface area contributed by atoms with Gasteiger partial charge in [0.2, 0.25) is 0 Å². The summed E-state index contributed by atoms with van der Waals surface area (Å²) < 4.78 is 65.6. The smallest absolute Gasteiger partial charge is 0.341 e. The molecule has 0 aromatic heterocycles. The topological polar surface area (TPSA) is 215 Å². The van der Waals surface area contributed by atoms with Crippen LogP contribution < -0.4 is 24.4 Å². The molecular weight excluding hydrogens is 827 g/mol. The molecule has 1 fully saturated rings. The largest absolute Gasteiger partial charge is 0.482 e. The van der Waals surface area contributed by atoms with Crippen LogP contribution in [-0.2, 0) is 31.2 Å². The van der Waals surface area contributed by atoms with Crippen LogP contribution in [0.15, 0.2) is 113 Å². The van der Waals surface area contributed by atoms with Gasteiger partial charge in [0.25, 0.3) is 21.6 Å². The van der Waals surface area contributed by atoms with Crippen molar-refractivity contribution in [1.82, 2.24) is 9.62 Å².